The van der Waals surface area contributed by atoms with Crippen LogP contribution in [0.5, 0.6) is 5.75 Å². The van der Waals surface area contributed by atoms with Crippen molar-refractivity contribution in [1.82, 2.24) is 10.2 Å². The van der Waals surface area contributed by atoms with Crippen molar-refractivity contribution in [3.63, 3.8) is 0 Å². The lowest BCUT2D eigenvalue weighted by molar-refractivity contribution is -0.139. The maximum atomic E-state index is 13.2. The summed E-state index contributed by atoms with van der Waals surface area (Å²) in [4.78, 5) is 52.8. The Morgan fingerprint density at radius 1 is 1.05 bits per heavy atom. The van der Waals surface area contributed by atoms with E-state index in [0.717, 1.165) is 29.9 Å². The van der Waals surface area contributed by atoms with E-state index in [1.165, 1.54) is 0 Å². The van der Waals surface area contributed by atoms with Crippen molar-refractivity contribution in [3.05, 3.63) is 65.0 Å². The van der Waals surface area contributed by atoms with Crippen LogP contribution < -0.4 is 20.3 Å². The molecular weight excluding hydrogens is 560 g/mol. The molecule has 1 aliphatic heterocycles. The lowest BCUT2D eigenvalue weighted by Gasteiger charge is -2.35. The molecular formula is C30H34N4O7S. The fraction of sp³-hybridized carbons (Fsp3) is 0.333. The molecule has 0 bridgehead atoms. The molecule has 42 heavy (non-hydrogen) atoms. The second-order valence-electron chi connectivity index (χ2n) is 9.93. The van der Waals surface area contributed by atoms with Crippen molar-refractivity contribution < 1.29 is 34.1 Å². The lowest BCUT2D eigenvalue weighted by Crippen LogP contribution is -2.46. The number of thiophene rings is 1. The summed E-state index contributed by atoms with van der Waals surface area (Å²) < 4.78 is 5.32. The van der Waals surface area contributed by atoms with Crippen molar-refractivity contribution >= 4 is 46.7 Å². The van der Waals surface area contributed by atoms with Gasteiger partial charge in [-0.15, -0.1) is 11.3 Å². The number of amides is 4. The van der Waals surface area contributed by atoms with Crippen molar-refractivity contribution in [1.29, 1.82) is 0 Å². The number of carbonyl (C=O) groups excluding carboxylic acids is 2. The zero-order valence-electron chi connectivity index (χ0n) is 23.5. The number of nitrogens with zero attached hydrogens (tertiary/aromatic N) is 2. The van der Waals surface area contributed by atoms with Crippen LogP contribution in [0.15, 0.2) is 54.6 Å². The third kappa shape index (κ3) is 7.38. The molecule has 0 radical (unpaired) electrons. The number of piperidine rings is 1. The number of ether oxygens (including phenoxy) is 1. The fourth-order valence-corrected chi connectivity index (χ4v) is 5.98. The van der Waals surface area contributed by atoms with Crippen LogP contribution in [-0.2, 0) is 4.79 Å². The first kappa shape index (κ1) is 30.4. The number of aromatic carboxylic acids is 1. The molecule has 3 aromatic rings. The highest BCUT2D eigenvalue weighted by molar-refractivity contribution is 7.18. The summed E-state index contributed by atoms with van der Waals surface area (Å²) in [6.07, 6.45) is 1.46. The molecule has 12 heteroatoms. The highest BCUT2D eigenvalue weighted by Crippen LogP contribution is 2.42. The number of carbonyl (C=O) groups is 4. The summed E-state index contributed by atoms with van der Waals surface area (Å²) in [5, 5.41) is 24.5. The first-order valence-electron chi connectivity index (χ1n) is 13.7. The Labute approximate surface area is 247 Å². The number of para-hydroxylation sites is 1. The van der Waals surface area contributed by atoms with E-state index >= 15 is 0 Å². The summed E-state index contributed by atoms with van der Waals surface area (Å²) in [6.45, 7) is 4.90. The van der Waals surface area contributed by atoms with Crippen molar-refractivity contribution in [2.45, 2.75) is 26.7 Å². The molecule has 1 aromatic heterocycles. The topological polar surface area (TPSA) is 149 Å². The summed E-state index contributed by atoms with van der Waals surface area (Å²) in [7, 11) is 0. The zero-order valence-corrected chi connectivity index (χ0v) is 24.3. The minimum Gasteiger partial charge on any atom is -0.480 e. The maximum Gasteiger partial charge on any atom is 0.349 e. The minimum absolute atomic E-state index is 0.0268. The molecule has 0 spiro atoms. The highest BCUT2D eigenvalue weighted by Gasteiger charge is 2.28. The highest BCUT2D eigenvalue weighted by atomic mass is 32.1. The Kier molecular flexibility index (Phi) is 10.0. The zero-order chi connectivity index (χ0) is 30.2. The summed E-state index contributed by atoms with van der Waals surface area (Å²) in [5.74, 6) is -2.23. The number of likely N-dealkylation sites (tertiary alicyclic amines) is 1. The Morgan fingerprint density at radius 3 is 2.40 bits per heavy atom. The van der Waals surface area contributed by atoms with Crippen molar-refractivity contribution in [3.8, 4) is 16.2 Å². The largest absolute Gasteiger partial charge is 0.480 e. The van der Waals surface area contributed by atoms with E-state index in [1.54, 1.807) is 22.8 Å². The normalized spacial score (nSPS) is 13.3. The van der Waals surface area contributed by atoms with E-state index < -0.39 is 18.5 Å². The van der Waals surface area contributed by atoms with Crippen LogP contribution in [0.3, 0.4) is 0 Å². The van der Waals surface area contributed by atoms with Gasteiger partial charge in [0.1, 0.15) is 5.75 Å². The first-order chi connectivity index (χ1) is 20.2. The fourth-order valence-electron chi connectivity index (χ4n) is 4.89. The smallest absolute Gasteiger partial charge is 0.349 e. The molecule has 1 aliphatic rings. The number of anilines is 2. The van der Waals surface area contributed by atoms with Crippen LogP contribution in [0.4, 0.5) is 21.0 Å². The Bertz CT molecular complexity index is 1430. The molecule has 222 valence electrons. The Morgan fingerprint density at radius 2 is 1.76 bits per heavy atom. The molecule has 0 aliphatic carbocycles. The number of urea groups is 2. The van der Waals surface area contributed by atoms with Gasteiger partial charge in [-0.25, -0.2) is 19.2 Å². The van der Waals surface area contributed by atoms with Gasteiger partial charge >= 0.3 is 24.0 Å². The van der Waals surface area contributed by atoms with Crippen LogP contribution in [0.1, 0.15) is 35.0 Å². The monoisotopic (exact) mass is 594 g/mol. The molecule has 1 saturated heterocycles. The molecule has 4 rings (SSSR count). The quantitative estimate of drug-likeness (QED) is 0.247. The molecule has 11 nitrogen and oxygen atoms in total. The lowest BCUT2D eigenvalue weighted by atomic mass is 9.96. The second kappa shape index (κ2) is 13.9. The number of hydrogen-bond donors (Lipinski definition) is 4. The van der Waals surface area contributed by atoms with Crippen LogP contribution >= 0.6 is 11.3 Å². The molecule has 4 N–H and O–H groups in total. The predicted octanol–water partition coefficient (Wildman–Crippen LogP) is 5.37. The molecule has 0 saturated carbocycles. The third-order valence-electron chi connectivity index (χ3n) is 6.99. The van der Waals surface area contributed by atoms with Crippen LogP contribution in [-0.4, -0.2) is 71.9 Å². The number of carboxylic acid groups (broad SMARTS) is 2. The number of carboxylic acids is 2. The number of nitrogens with one attached hydrogen (secondary N) is 2. The minimum atomic E-state index is -1.21. The van der Waals surface area contributed by atoms with Gasteiger partial charge in [-0.3, -0.25) is 4.90 Å². The second-order valence-corrected chi connectivity index (χ2v) is 10.9. The van der Waals surface area contributed by atoms with Gasteiger partial charge < -0.3 is 30.5 Å². The Balaban J connectivity index is 1.51. The number of aliphatic carboxylic acids is 1. The molecule has 2 aromatic carbocycles. The van der Waals surface area contributed by atoms with Gasteiger partial charge in [0.15, 0.2) is 11.5 Å². The summed E-state index contributed by atoms with van der Waals surface area (Å²) in [5.41, 5.74) is 2.58. The van der Waals surface area contributed by atoms with E-state index in [-0.39, 0.29) is 28.6 Å². The van der Waals surface area contributed by atoms with E-state index in [0.29, 0.717) is 47.9 Å². The Hall–Kier alpha value is -4.58. The van der Waals surface area contributed by atoms with Gasteiger partial charge in [-0.1, -0.05) is 30.3 Å². The van der Waals surface area contributed by atoms with Crippen molar-refractivity contribution in [2.75, 3.05) is 43.0 Å². The third-order valence-corrected chi connectivity index (χ3v) is 8.30. The average Bonchev–Trinajstić information content (AvgIpc) is 3.32. The molecule has 0 atom stereocenters. The van der Waals surface area contributed by atoms with Gasteiger partial charge in [0.2, 0.25) is 0 Å². The van der Waals surface area contributed by atoms with Crippen LogP contribution in [0.2, 0.25) is 0 Å². The van der Waals surface area contributed by atoms with E-state index in [2.05, 4.69) is 10.6 Å². The predicted molar refractivity (Wildman–Crippen MR) is 161 cm³/mol. The average molecular weight is 595 g/mol. The standard InChI is InChI=1S/C30H34N4O7S/c1-3-31-29(39)34(17-20-12-14-33(15-13-20)30(40)32-22-9-5-4-6-10-22)23-11-7-8-21(16-23)26-19(2)25(41-18-24(35)36)27(42-26)28(37)38/h4-11,16,20H,3,12-15,17-18H2,1-2H3,(H,31,39)(H,32,40)(H,35,36)(H,37,38). The summed E-state index contributed by atoms with van der Waals surface area (Å²) in [6, 6.07) is 16.2. The van der Waals surface area contributed by atoms with Gasteiger partial charge in [-0.2, -0.15) is 0 Å². The van der Waals surface area contributed by atoms with Gasteiger partial charge in [0.25, 0.3) is 0 Å². The maximum absolute atomic E-state index is 13.2. The first-order valence-corrected chi connectivity index (χ1v) is 14.5. The van der Waals surface area contributed by atoms with Crippen LogP contribution in [0.25, 0.3) is 10.4 Å². The SMILES string of the molecule is CCNC(=O)N(CC1CCN(C(=O)Nc2ccccc2)CC1)c1cccc(-c2sc(C(=O)O)c(OCC(=O)O)c2C)c1. The van der Waals surface area contributed by atoms with Gasteiger partial charge in [0, 0.05) is 48.0 Å². The summed E-state index contributed by atoms with van der Waals surface area (Å²) >= 11 is 0.997. The molecule has 0 unspecified atom stereocenters. The van der Waals surface area contributed by atoms with Crippen LogP contribution in [0, 0.1) is 12.8 Å². The van der Waals surface area contributed by atoms with Gasteiger partial charge in [0.05, 0.1) is 0 Å². The number of hydrogen-bond acceptors (Lipinski definition) is 6. The van der Waals surface area contributed by atoms with E-state index in [1.807, 2.05) is 55.5 Å². The molecule has 4 amide bonds. The molecule has 2 heterocycles. The number of rotatable bonds is 10. The van der Waals surface area contributed by atoms with E-state index in [4.69, 9.17) is 9.84 Å². The number of benzene rings is 2. The van der Waals surface area contributed by atoms with E-state index in [9.17, 15) is 24.3 Å². The van der Waals surface area contributed by atoms with Crippen molar-refractivity contribution in [2.24, 2.45) is 5.92 Å². The molecule has 1 fully saturated rings. The van der Waals surface area contributed by atoms with Gasteiger partial charge in [-0.05, 0) is 62.4 Å².